The molecule has 7 heteroatoms. The standard InChI is InChI=1S/C26H41ClN4O2/c1-7-31(21-10-8-20(9-11-21)30(5)6)24-14-19(27)13-22(18(24)4)25(32)28-15-23-16(2)12-17(3)29-26(23)33/h13-14,16-17,20-21,23H,7-12,15H2,1-6H3,(H,28,32)(H,29,33)/t16?,17?,20-,21-,23?. The van der Waals surface area contributed by atoms with Gasteiger partial charge in [-0.1, -0.05) is 18.5 Å². The molecule has 0 aromatic heterocycles. The lowest BCUT2D eigenvalue weighted by molar-refractivity contribution is -0.129. The zero-order chi connectivity index (χ0) is 24.3. The molecule has 1 aliphatic carbocycles. The minimum absolute atomic E-state index is 0.0236. The van der Waals surface area contributed by atoms with Crippen LogP contribution in [0.4, 0.5) is 5.69 Å². The highest BCUT2D eigenvalue weighted by Crippen LogP contribution is 2.34. The van der Waals surface area contributed by atoms with Gasteiger partial charge < -0.3 is 20.4 Å². The molecular weight excluding hydrogens is 436 g/mol. The van der Waals surface area contributed by atoms with Crippen LogP contribution < -0.4 is 15.5 Å². The number of carbonyl (C=O) groups excluding carboxylic acids is 2. The molecule has 184 valence electrons. The summed E-state index contributed by atoms with van der Waals surface area (Å²) in [5, 5.41) is 6.58. The van der Waals surface area contributed by atoms with Crippen LogP contribution >= 0.6 is 11.6 Å². The molecule has 1 saturated heterocycles. The number of rotatable bonds is 7. The first-order valence-corrected chi connectivity index (χ1v) is 12.8. The Kier molecular flexibility index (Phi) is 8.68. The van der Waals surface area contributed by atoms with Crippen LogP contribution in [-0.2, 0) is 4.79 Å². The number of nitrogens with zero attached hydrogens (tertiary/aromatic N) is 2. The van der Waals surface area contributed by atoms with Crippen molar-refractivity contribution in [3.05, 3.63) is 28.3 Å². The van der Waals surface area contributed by atoms with Gasteiger partial charge in [0.15, 0.2) is 0 Å². The summed E-state index contributed by atoms with van der Waals surface area (Å²) in [4.78, 5) is 30.3. The van der Waals surface area contributed by atoms with Crippen LogP contribution in [0, 0.1) is 18.8 Å². The molecule has 1 heterocycles. The van der Waals surface area contributed by atoms with Crippen molar-refractivity contribution in [1.29, 1.82) is 0 Å². The van der Waals surface area contributed by atoms with Crippen molar-refractivity contribution < 1.29 is 9.59 Å². The molecule has 1 saturated carbocycles. The summed E-state index contributed by atoms with van der Waals surface area (Å²) in [6.07, 6.45) is 5.56. The van der Waals surface area contributed by atoms with E-state index in [1.54, 1.807) is 6.07 Å². The van der Waals surface area contributed by atoms with E-state index in [9.17, 15) is 9.59 Å². The highest BCUT2D eigenvalue weighted by atomic mass is 35.5. The summed E-state index contributed by atoms with van der Waals surface area (Å²) < 4.78 is 0. The predicted molar refractivity (Wildman–Crippen MR) is 136 cm³/mol. The second kappa shape index (κ2) is 11.1. The van der Waals surface area contributed by atoms with Crippen molar-refractivity contribution in [1.82, 2.24) is 15.5 Å². The average molecular weight is 477 g/mol. The maximum atomic E-state index is 13.2. The monoisotopic (exact) mass is 476 g/mol. The van der Waals surface area contributed by atoms with Gasteiger partial charge in [-0.25, -0.2) is 0 Å². The lowest BCUT2D eigenvalue weighted by Gasteiger charge is -2.40. The normalized spacial score (nSPS) is 27.9. The number of hydrogen-bond donors (Lipinski definition) is 2. The van der Waals surface area contributed by atoms with Gasteiger partial charge in [0, 0.05) is 47.5 Å². The molecule has 3 rings (SSSR count). The molecule has 1 aromatic carbocycles. The van der Waals surface area contributed by atoms with E-state index in [0.29, 0.717) is 29.2 Å². The number of carbonyl (C=O) groups is 2. The molecule has 2 amide bonds. The second-order valence-corrected chi connectivity index (χ2v) is 10.7. The first-order chi connectivity index (χ1) is 15.6. The first kappa shape index (κ1) is 25.8. The van der Waals surface area contributed by atoms with Gasteiger partial charge in [-0.2, -0.15) is 0 Å². The van der Waals surface area contributed by atoms with Gasteiger partial charge in [-0.05, 0) is 90.6 Å². The van der Waals surface area contributed by atoms with Crippen LogP contribution in [0.5, 0.6) is 0 Å². The summed E-state index contributed by atoms with van der Waals surface area (Å²) in [5.74, 6) is -0.112. The Labute approximate surface area is 204 Å². The molecule has 2 aliphatic rings. The number of amides is 2. The van der Waals surface area contributed by atoms with Crippen molar-refractivity contribution in [2.45, 2.75) is 77.9 Å². The van der Waals surface area contributed by atoms with Gasteiger partial charge in [0.2, 0.25) is 5.91 Å². The highest BCUT2D eigenvalue weighted by Gasteiger charge is 2.33. The van der Waals surface area contributed by atoms with E-state index < -0.39 is 0 Å². The summed E-state index contributed by atoms with van der Waals surface area (Å²) in [6.45, 7) is 9.49. The number of piperidine rings is 1. The molecule has 3 atom stereocenters. The molecule has 0 spiro atoms. The van der Waals surface area contributed by atoms with E-state index in [-0.39, 0.29) is 29.7 Å². The molecule has 33 heavy (non-hydrogen) atoms. The number of anilines is 1. The molecule has 2 fully saturated rings. The van der Waals surface area contributed by atoms with Gasteiger partial charge in [-0.3, -0.25) is 9.59 Å². The lowest BCUT2D eigenvalue weighted by Crippen LogP contribution is -2.50. The van der Waals surface area contributed by atoms with Crippen LogP contribution in [0.15, 0.2) is 12.1 Å². The van der Waals surface area contributed by atoms with E-state index >= 15 is 0 Å². The smallest absolute Gasteiger partial charge is 0.251 e. The minimum atomic E-state index is -0.205. The Morgan fingerprint density at radius 3 is 2.36 bits per heavy atom. The number of halogens is 1. The third-order valence-corrected chi connectivity index (χ3v) is 7.92. The Bertz CT molecular complexity index is 851. The molecule has 1 aliphatic heterocycles. The van der Waals surface area contributed by atoms with Gasteiger partial charge >= 0.3 is 0 Å². The van der Waals surface area contributed by atoms with Gasteiger partial charge in [0.05, 0.1) is 5.92 Å². The number of benzene rings is 1. The van der Waals surface area contributed by atoms with E-state index in [1.807, 2.05) is 19.9 Å². The second-order valence-electron chi connectivity index (χ2n) is 10.2. The zero-order valence-electron chi connectivity index (χ0n) is 21.1. The third-order valence-electron chi connectivity index (χ3n) is 7.70. The van der Waals surface area contributed by atoms with Crippen molar-refractivity contribution in [2.24, 2.45) is 11.8 Å². The molecule has 3 unspecified atom stereocenters. The zero-order valence-corrected chi connectivity index (χ0v) is 21.8. The third kappa shape index (κ3) is 6.02. The fourth-order valence-electron chi connectivity index (χ4n) is 5.69. The SMILES string of the molecule is CCN(c1cc(Cl)cc(C(=O)NCC2C(=O)NC(C)CC2C)c1C)[C@H]1CC[C@H](N(C)C)CC1. The van der Waals surface area contributed by atoms with Crippen LogP contribution in [0.3, 0.4) is 0 Å². The summed E-state index contributed by atoms with van der Waals surface area (Å²) in [6, 6.07) is 5.02. The van der Waals surface area contributed by atoms with Gasteiger partial charge in [0.25, 0.3) is 5.91 Å². The fourth-order valence-corrected chi connectivity index (χ4v) is 5.90. The van der Waals surface area contributed by atoms with Crippen molar-refractivity contribution in [3.63, 3.8) is 0 Å². The van der Waals surface area contributed by atoms with E-state index in [4.69, 9.17) is 11.6 Å². The number of hydrogen-bond acceptors (Lipinski definition) is 4. The summed E-state index contributed by atoms with van der Waals surface area (Å²) in [7, 11) is 4.32. The van der Waals surface area contributed by atoms with E-state index in [1.165, 1.54) is 12.8 Å². The van der Waals surface area contributed by atoms with Crippen LogP contribution in [-0.4, -0.2) is 62.0 Å². The van der Waals surface area contributed by atoms with Gasteiger partial charge in [0.1, 0.15) is 0 Å². The van der Waals surface area contributed by atoms with Crippen LogP contribution in [0.25, 0.3) is 0 Å². The maximum absolute atomic E-state index is 13.2. The Hall–Kier alpha value is -1.79. The quantitative estimate of drug-likeness (QED) is 0.617. The van der Waals surface area contributed by atoms with Gasteiger partial charge in [-0.15, -0.1) is 0 Å². The highest BCUT2D eigenvalue weighted by molar-refractivity contribution is 6.31. The molecule has 0 radical (unpaired) electrons. The summed E-state index contributed by atoms with van der Waals surface area (Å²) >= 11 is 6.50. The molecule has 1 aromatic rings. The largest absolute Gasteiger partial charge is 0.369 e. The number of nitrogens with one attached hydrogen (secondary N) is 2. The molecule has 6 nitrogen and oxygen atoms in total. The molecular formula is C26H41ClN4O2. The van der Waals surface area contributed by atoms with Crippen LogP contribution in [0.2, 0.25) is 5.02 Å². The van der Waals surface area contributed by atoms with E-state index in [0.717, 1.165) is 37.1 Å². The average Bonchev–Trinajstić information content (AvgIpc) is 2.75. The Morgan fingerprint density at radius 1 is 1.15 bits per heavy atom. The van der Waals surface area contributed by atoms with E-state index in [2.05, 4.69) is 48.4 Å². The Morgan fingerprint density at radius 2 is 1.79 bits per heavy atom. The first-order valence-electron chi connectivity index (χ1n) is 12.4. The van der Waals surface area contributed by atoms with Crippen molar-refractivity contribution >= 4 is 29.1 Å². The lowest BCUT2D eigenvalue weighted by atomic mass is 9.84. The topological polar surface area (TPSA) is 64.7 Å². The summed E-state index contributed by atoms with van der Waals surface area (Å²) in [5.41, 5.74) is 2.58. The van der Waals surface area contributed by atoms with Crippen molar-refractivity contribution in [2.75, 3.05) is 32.1 Å². The predicted octanol–water partition coefficient (Wildman–Crippen LogP) is 4.24. The van der Waals surface area contributed by atoms with Crippen molar-refractivity contribution in [3.8, 4) is 0 Å². The minimum Gasteiger partial charge on any atom is -0.369 e. The Balaban J connectivity index is 1.74. The fraction of sp³-hybridized carbons (Fsp3) is 0.692. The maximum Gasteiger partial charge on any atom is 0.251 e. The molecule has 0 bridgehead atoms. The van der Waals surface area contributed by atoms with Crippen LogP contribution in [0.1, 0.15) is 68.8 Å². The molecule has 2 N–H and O–H groups in total.